The molecule has 0 radical (unpaired) electrons. The van der Waals surface area contributed by atoms with Crippen LogP contribution in [0.5, 0.6) is 5.75 Å². The highest BCUT2D eigenvalue weighted by molar-refractivity contribution is 7.89. The van der Waals surface area contributed by atoms with E-state index in [1.54, 1.807) is 49.7 Å². The molecule has 2 aromatic rings. The minimum absolute atomic E-state index is 0.0244. The monoisotopic (exact) mass is 504 g/mol. The molecule has 4 N–H and O–H groups in total. The number of benzene rings is 2. The fourth-order valence-electron chi connectivity index (χ4n) is 4.27. The number of hydrogen-bond donors (Lipinski definition) is 3. The SMILES string of the molecule is COc1ccc(S(=O)(=O)N(Cc2ccccc2)C2(C(=O)NO)CCN(C(=O)C(C)(C)N)CC2)cc1. The fraction of sp³-hybridized carbons (Fsp3) is 0.417. The fourth-order valence-corrected chi connectivity index (χ4v) is 6.05. The molecule has 1 saturated heterocycles. The zero-order valence-electron chi connectivity index (χ0n) is 20.1. The summed E-state index contributed by atoms with van der Waals surface area (Å²) in [6, 6.07) is 14.7. The zero-order chi connectivity index (χ0) is 25.9. The number of nitrogens with zero attached hydrogens (tertiary/aromatic N) is 2. The molecule has 0 atom stereocenters. The van der Waals surface area contributed by atoms with E-state index in [0.717, 1.165) is 4.31 Å². The summed E-state index contributed by atoms with van der Waals surface area (Å²) in [7, 11) is -2.75. The number of rotatable bonds is 8. The first kappa shape index (κ1) is 26.6. The summed E-state index contributed by atoms with van der Waals surface area (Å²) in [6.07, 6.45) is -0.0487. The Morgan fingerprint density at radius 2 is 1.69 bits per heavy atom. The number of ether oxygens (including phenoxy) is 1. The summed E-state index contributed by atoms with van der Waals surface area (Å²) in [4.78, 5) is 27.4. The van der Waals surface area contributed by atoms with Gasteiger partial charge in [0, 0.05) is 19.6 Å². The summed E-state index contributed by atoms with van der Waals surface area (Å²) in [5.74, 6) is -0.676. The highest BCUT2D eigenvalue weighted by atomic mass is 32.2. The second kappa shape index (κ2) is 10.3. The van der Waals surface area contributed by atoms with Crippen LogP contribution in [0.25, 0.3) is 0 Å². The van der Waals surface area contributed by atoms with Gasteiger partial charge >= 0.3 is 0 Å². The third-order valence-electron chi connectivity index (χ3n) is 6.25. The van der Waals surface area contributed by atoms with E-state index in [-0.39, 0.29) is 43.3 Å². The van der Waals surface area contributed by atoms with Crippen LogP contribution in [0.3, 0.4) is 0 Å². The third-order valence-corrected chi connectivity index (χ3v) is 8.17. The van der Waals surface area contributed by atoms with Crippen LogP contribution >= 0.6 is 0 Å². The van der Waals surface area contributed by atoms with E-state index in [4.69, 9.17) is 10.5 Å². The maximum atomic E-state index is 14.0. The summed E-state index contributed by atoms with van der Waals surface area (Å²) in [5, 5.41) is 9.64. The number of hydrogen-bond acceptors (Lipinski definition) is 7. The van der Waals surface area contributed by atoms with Crippen LogP contribution in [-0.4, -0.2) is 65.9 Å². The molecule has 3 rings (SSSR count). The van der Waals surface area contributed by atoms with E-state index in [1.165, 1.54) is 36.3 Å². The highest BCUT2D eigenvalue weighted by Crippen LogP contribution is 2.36. The lowest BCUT2D eigenvalue weighted by atomic mass is 9.85. The number of piperidine rings is 1. The average Bonchev–Trinajstić information content (AvgIpc) is 2.86. The van der Waals surface area contributed by atoms with Crippen molar-refractivity contribution in [3.05, 3.63) is 60.2 Å². The standard InChI is InChI=1S/C24H32N4O6S/c1-23(2,25)22(30)27-15-13-24(14-16-27,21(29)26-31)28(17-18-7-5-4-6-8-18)35(32,33)20-11-9-19(34-3)10-12-20/h4-12,31H,13-17,25H2,1-3H3,(H,26,29). The van der Waals surface area contributed by atoms with E-state index in [9.17, 15) is 23.2 Å². The van der Waals surface area contributed by atoms with Gasteiger partial charge < -0.3 is 15.4 Å². The first-order valence-corrected chi connectivity index (χ1v) is 12.6. The maximum Gasteiger partial charge on any atom is 0.265 e. The Balaban J connectivity index is 2.08. The van der Waals surface area contributed by atoms with Gasteiger partial charge in [-0.15, -0.1) is 0 Å². The van der Waals surface area contributed by atoms with Crippen molar-refractivity contribution in [2.24, 2.45) is 5.73 Å². The van der Waals surface area contributed by atoms with Crippen LogP contribution in [0.1, 0.15) is 32.3 Å². The molecule has 2 amide bonds. The molecule has 0 unspecified atom stereocenters. The normalized spacial score (nSPS) is 16.1. The lowest BCUT2D eigenvalue weighted by Crippen LogP contribution is -2.65. The Kier molecular flexibility index (Phi) is 7.85. The lowest BCUT2D eigenvalue weighted by molar-refractivity contribution is -0.147. The largest absolute Gasteiger partial charge is 0.497 e. The van der Waals surface area contributed by atoms with E-state index >= 15 is 0 Å². The predicted octanol–water partition coefficient (Wildman–Crippen LogP) is 1.49. The van der Waals surface area contributed by atoms with E-state index in [1.807, 2.05) is 0 Å². The molecular weight excluding hydrogens is 472 g/mol. The van der Waals surface area contributed by atoms with Gasteiger partial charge in [-0.25, -0.2) is 13.9 Å². The molecule has 1 heterocycles. The molecule has 35 heavy (non-hydrogen) atoms. The first-order chi connectivity index (χ1) is 16.5. The van der Waals surface area contributed by atoms with Gasteiger partial charge in [-0.2, -0.15) is 4.31 Å². The first-order valence-electron chi connectivity index (χ1n) is 11.2. The quantitative estimate of drug-likeness (QED) is 0.365. The van der Waals surface area contributed by atoms with Crippen LogP contribution in [0.4, 0.5) is 0 Å². The van der Waals surface area contributed by atoms with Crippen molar-refractivity contribution in [2.75, 3.05) is 20.2 Å². The number of carbonyl (C=O) groups is 2. The van der Waals surface area contributed by atoms with Gasteiger partial charge in [0.1, 0.15) is 11.3 Å². The number of likely N-dealkylation sites (tertiary alicyclic amines) is 1. The summed E-state index contributed by atoms with van der Waals surface area (Å²) >= 11 is 0. The second-order valence-electron chi connectivity index (χ2n) is 9.16. The Bertz CT molecular complexity index is 1140. The van der Waals surface area contributed by atoms with Gasteiger partial charge in [0.25, 0.3) is 5.91 Å². The van der Waals surface area contributed by atoms with Gasteiger partial charge in [0.15, 0.2) is 0 Å². The van der Waals surface area contributed by atoms with E-state index < -0.39 is 27.0 Å². The molecule has 0 aromatic heterocycles. The van der Waals surface area contributed by atoms with E-state index in [2.05, 4.69) is 0 Å². The van der Waals surface area contributed by atoms with Crippen molar-refractivity contribution in [3.8, 4) is 5.75 Å². The number of nitrogens with one attached hydrogen (secondary N) is 1. The molecule has 190 valence electrons. The van der Waals surface area contributed by atoms with Crippen molar-refractivity contribution < 1.29 is 28.0 Å². The molecule has 0 saturated carbocycles. The summed E-state index contributed by atoms with van der Waals surface area (Å²) in [5.41, 5.74) is 5.54. The van der Waals surface area contributed by atoms with Crippen LogP contribution < -0.4 is 16.0 Å². The summed E-state index contributed by atoms with van der Waals surface area (Å²) in [6.45, 7) is 3.26. The van der Waals surface area contributed by atoms with Crippen molar-refractivity contribution in [2.45, 2.75) is 49.2 Å². The van der Waals surface area contributed by atoms with Crippen LogP contribution in [0.2, 0.25) is 0 Å². The number of methoxy groups -OCH3 is 1. The number of sulfonamides is 1. The number of carbonyl (C=O) groups excluding carboxylic acids is 2. The van der Waals surface area contributed by atoms with Gasteiger partial charge in [-0.3, -0.25) is 14.8 Å². The second-order valence-corrected chi connectivity index (χ2v) is 11.0. The van der Waals surface area contributed by atoms with Gasteiger partial charge in [-0.1, -0.05) is 30.3 Å². The van der Waals surface area contributed by atoms with Gasteiger partial charge in [-0.05, 0) is 56.5 Å². The smallest absolute Gasteiger partial charge is 0.265 e. The molecule has 1 aliphatic rings. The molecule has 11 heteroatoms. The highest BCUT2D eigenvalue weighted by Gasteiger charge is 2.52. The molecular formula is C24H32N4O6S. The van der Waals surface area contributed by atoms with Crippen molar-refractivity contribution >= 4 is 21.8 Å². The van der Waals surface area contributed by atoms with Crippen LogP contribution in [-0.2, 0) is 26.2 Å². The maximum absolute atomic E-state index is 14.0. The Hall–Kier alpha value is -2.99. The van der Waals surface area contributed by atoms with Crippen LogP contribution in [0.15, 0.2) is 59.5 Å². The molecule has 10 nitrogen and oxygen atoms in total. The number of amides is 2. The molecule has 2 aromatic carbocycles. The molecule has 0 spiro atoms. The van der Waals surface area contributed by atoms with Crippen molar-refractivity contribution in [1.82, 2.24) is 14.7 Å². The molecule has 0 bridgehead atoms. The Morgan fingerprint density at radius 3 is 2.17 bits per heavy atom. The predicted molar refractivity (Wildman–Crippen MR) is 129 cm³/mol. The zero-order valence-corrected chi connectivity index (χ0v) is 20.9. The van der Waals surface area contributed by atoms with Crippen LogP contribution in [0, 0.1) is 0 Å². The average molecular weight is 505 g/mol. The topological polar surface area (TPSA) is 142 Å². The molecule has 1 fully saturated rings. The van der Waals surface area contributed by atoms with Crippen molar-refractivity contribution in [3.63, 3.8) is 0 Å². The minimum Gasteiger partial charge on any atom is -0.497 e. The summed E-state index contributed by atoms with van der Waals surface area (Å²) < 4.78 is 34.2. The molecule has 0 aliphatic carbocycles. The van der Waals surface area contributed by atoms with Gasteiger partial charge in [0.05, 0.1) is 17.5 Å². The minimum atomic E-state index is -4.23. The van der Waals surface area contributed by atoms with Crippen molar-refractivity contribution in [1.29, 1.82) is 0 Å². The number of nitrogens with two attached hydrogens (primary N) is 1. The lowest BCUT2D eigenvalue weighted by Gasteiger charge is -2.46. The third kappa shape index (κ3) is 5.48. The number of hydroxylamine groups is 1. The Labute approximate surface area is 205 Å². The Morgan fingerprint density at radius 1 is 1.11 bits per heavy atom. The molecule has 1 aliphatic heterocycles. The van der Waals surface area contributed by atoms with Gasteiger partial charge in [0.2, 0.25) is 15.9 Å². The van der Waals surface area contributed by atoms with E-state index in [0.29, 0.717) is 11.3 Å².